The second-order valence-electron chi connectivity index (χ2n) is 6.17. The average molecular weight is 315 g/mol. The van der Waals surface area contributed by atoms with Gasteiger partial charge in [-0.15, -0.1) is 0 Å². The van der Waals surface area contributed by atoms with Crippen LogP contribution in [0.1, 0.15) is 36.5 Å². The van der Waals surface area contributed by atoms with E-state index < -0.39 is 6.09 Å². The summed E-state index contributed by atoms with van der Waals surface area (Å²) in [5, 5.41) is 13.3. The molecule has 0 bridgehead atoms. The van der Waals surface area contributed by atoms with Crippen LogP contribution in [0.5, 0.6) is 0 Å². The molecule has 1 aromatic heterocycles. The minimum absolute atomic E-state index is 0.209. The molecule has 3 rings (SSSR count). The first kappa shape index (κ1) is 15.5. The molecule has 0 radical (unpaired) electrons. The number of benzene rings is 1. The molecule has 1 aliphatic heterocycles. The quantitative estimate of drug-likeness (QED) is 0.938. The SMILES string of the molecule is Cc1nc(C2(CCc3ccccc3)CCN(C(=O)O)CC2)no1. The van der Waals surface area contributed by atoms with Crippen LogP contribution in [0.3, 0.4) is 0 Å². The summed E-state index contributed by atoms with van der Waals surface area (Å²) in [5.41, 5.74) is 1.06. The lowest BCUT2D eigenvalue weighted by Crippen LogP contribution is -2.45. The molecule has 1 saturated heterocycles. The minimum Gasteiger partial charge on any atom is -0.465 e. The summed E-state index contributed by atoms with van der Waals surface area (Å²) in [6.07, 6.45) is 2.41. The number of aryl methyl sites for hydroxylation is 2. The van der Waals surface area contributed by atoms with Crippen molar-refractivity contribution in [1.29, 1.82) is 0 Å². The number of hydrogen-bond donors (Lipinski definition) is 1. The summed E-state index contributed by atoms with van der Waals surface area (Å²) in [6, 6.07) is 10.3. The molecule has 1 amide bonds. The van der Waals surface area contributed by atoms with Gasteiger partial charge in [-0.3, -0.25) is 0 Å². The van der Waals surface area contributed by atoms with Gasteiger partial charge in [0.15, 0.2) is 5.82 Å². The zero-order valence-corrected chi connectivity index (χ0v) is 13.2. The van der Waals surface area contributed by atoms with Gasteiger partial charge in [0.05, 0.1) is 0 Å². The van der Waals surface area contributed by atoms with Crippen LogP contribution in [0.15, 0.2) is 34.9 Å². The van der Waals surface area contributed by atoms with E-state index in [0.717, 1.165) is 31.5 Å². The molecule has 122 valence electrons. The fourth-order valence-corrected chi connectivity index (χ4v) is 3.25. The Balaban J connectivity index is 1.79. The van der Waals surface area contributed by atoms with E-state index in [-0.39, 0.29) is 5.41 Å². The summed E-state index contributed by atoms with van der Waals surface area (Å²) >= 11 is 0. The minimum atomic E-state index is -0.856. The number of hydrogen-bond acceptors (Lipinski definition) is 4. The van der Waals surface area contributed by atoms with Crippen LogP contribution in [-0.2, 0) is 11.8 Å². The Hall–Kier alpha value is -2.37. The molecule has 1 N–H and O–H groups in total. The van der Waals surface area contributed by atoms with Crippen molar-refractivity contribution < 1.29 is 14.4 Å². The molecular weight excluding hydrogens is 294 g/mol. The first-order valence-corrected chi connectivity index (χ1v) is 7.92. The predicted octanol–water partition coefficient (Wildman–Crippen LogP) is 3.02. The van der Waals surface area contributed by atoms with Gasteiger partial charge in [0.2, 0.25) is 5.89 Å². The van der Waals surface area contributed by atoms with E-state index >= 15 is 0 Å². The second kappa shape index (κ2) is 6.40. The highest BCUT2D eigenvalue weighted by atomic mass is 16.5. The van der Waals surface area contributed by atoms with E-state index in [4.69, 9.17) is 9.63 Å². The summed E-state index contributed by atoms with van der Waals surface area (Å²) < 4.78 is 5.18. The number of carboxylic acid groups (broad SMARTS) is 1. The van der Waals surface area contributed by atoms with Gasteiger partial charge in [-0.1, -0.05) is 35.5 Å². The Bertz CT molecular complexity index is 661. The number of amides is 1. The van der Waals surface area contributed by atoms with Crippen molar-refractivity contribution in [3.63, 3.8) is 0 Å². The molecule has 0 atom stereocenters. The lowest BCUT2D eigenvalue weighted by atomic mass is 9.73. The highest BCUT2D eigenvalue weighted by molar-refractivity contribution is 5.65. The van der Waals surface area contributed by atoms with Crippen LogP contribution in [0.25, 0.3) is 0 Å². The van der Waals surface area contributed by atoms with Crippen molar-refractivity contribution in [2.24, 2.45) is 0 Å². The molecule has 0 unspecified atom stereocenters. The van der Waals surface area contributed by atoms with Crippen LogP contribution in [0.4, 0.5) is 4.79 Å². The third kappa shape index (κ3) is 3.36. The molecule has 6 nitrogen and oxygen atoms in total. The lowest BCUT2D eigenvalue weighted by molar-refractivity contribution is 0.110. The van der Waals surface area contributed by atoms with Gasteiger partial charge in [0, 0.05) is 25.4 Å². The molecule has 23 heavy (non-hydrogen) atoms. The first-order valence-electron chi connectivity index (χ1n) is 7.92. The normalized spacial score (nSPS) is 17.2. The summed E-state index contributed by atoms with van der Waals surface area (Å²) in [4.78, 5) is 17.1. The van der Waals surface area contributed by atoms with Gasteiger partial charge >= 0.3 is 6.09 Å². The molecule has 1 fully saturated rings. The van der Waals surface area contributed by atoms with Crippen LogP contribution in [-0.4, -0.2) is 39.3 Å². The summed E-state index contributed by atoms with van der Waals surface area (Å²) in [7, 11) is 0. The zero-order chi connectivity index (χ0) is 16.3. The fraction of sp³-hybridized carbons (Fsp3) is 0.471. The van der Waals surface area contributed by atoms with Crippen molar-refractivity contribution in [1.82, 2.24) is 15.0 Å². The predicted molar refractivity (Wildman–Crippen MR) is 84.3 cm³/mol. The Labute approximate surface area is 135 Å². The number of rotatable bonds is 4. The zero-order valence-electron chi connectivity index (χ0n) is 13.2. The van der Waals surface area contributed by atoms with E-state index in [2.05, 4.69) is 22.3 Å². The third-order valence-electron chi connectivity index (χ3n) is 4.73. The molecule has 1 aliphatic rings. The Morgan fingerprint density at radius 2 is 2.00 bits per heavy atom. The van der Waals surface area contributed by atoms with E-state index in [9.17, 15) is 4.79 Å². The molecule has 0 aliphatic carbocycles. The highest BCUT2D eigenvalue weighted by Gasteiger charge is 2.40. The van der Waals surface area contributed by atoms with Crippen LogP contribution < -0.4 is 0 Å². The van der Waals surface area contributed by atoms with E-state index in [1.165, 1.54) is 10.5 Å². The number of piperidine rings is 1. The number of carbonyl (C=O) groups is 1. The maximum atomic E-state index is 11.2. The van der Waals surface area contributed by atoms with Crippen molar-refractivity contribution in [3.8, 4) is 0 Å². The highest BCUT2D eigenvalue weighted by Crippen LogP contribution is 2.38. The van der Waals surface area contributed by atoms with Crippen LogP contribution in [0.2, 0.25) is 0 Å². The average Bonchev–Trinajstić information content (AvgIpc) is 3.01. The number of aromatic nitrogens is 2. The summed E-state index contributed by atoms with van der Waals surface area (Å²) in [5.74, 6) is 1.27. The van der Waals surface area contributed by atoms with Crippen molar-refractivity contribution >= 4 is 6.09 Å². The first-order chi connectivity index (χ1) is 11.1. The monoisotopic (exact) mass is 315 g/mol. The van der Waals surface area contributed by atoms with Gasteiger partial charge in [0.1, 0.15) is 0 Å². The summed E-state index contributed by atoms with van der Waals surface area (Å²) in [6.45, 7) is 2.81. The standard InChI is InChI=1S/C17H21N3O3/c1-13-18-15(19-23-13)17(8-7-14-5-3-2-4-6-14)9-11-20(12-10-17)16(21)22/h2-6H,7-12H2,1H3,(H,21,22). The molecular formula is C17H21N3O3. The largest absolute Gasteiger partial charge is 0.465 e. The second-order valence-corrected chi connectivity index (χ2v) is 6.17. The molecule has 1 aromatic carbocycles. The Morgan fingerprint density at radius 3 is 2.57 bits per heavy atom. The van der Waals surface area contributed by atoms with E-state index in [0.29, 0.717) is 19.0 Å². The molecule has 0 saturated carbocycles. The van der Waals surface area contributed by atoms with Crippen molar-refractivity contribution in [3.05, 3.63) is 47.6 Å². The van der Waals surface area contributed by atoms with Gasteiger partial charge in [0.25, 0.3) is 0 Å². The Morgan fingerprint density at radius 1 is 1.30 bits per heavy atom. The Kier molecular flexibility index (Phi) is 4.32. The van der Waals surface area contributed by atoms with E-state index in [1.54, 1.807) is 6.92 Å². The molecule has 2 aromatic rings. The smallest absolute Gasteiger partial charge is 0.407 e. The molecule has 2 heterocycles. The van der Waals surface area contributed by atoms with Gasteiger partial charge in [-0.25, -0.2) is 4.79 Å². The maximum Gasteiger partial charge on any atom is 0.407 e. The van der Waals surface area contributed by atoms with Gasteiger partial charge in [-0.2, -0.15) is 4.98 Å². The molecule has 6 heteroatoms. The number of nitrogens with zero attached hydrogens (tertiary/aromatic N) is 3. The van der Waals surface area contributed by atoms with Crippen molar-refractivity contribution in [2.75, 3.05) is 13.1 Å². The molecule has 0 spiro atoms. The van der Waals surface area contributed by atoms with E-state index in [1.807, 2.05) is 18.2 Å². The fourth-order valence-electron chi connectivity index (χ4n) is 3.25. The number of likely N-dealkylation sites (tertiary alicyclic amines) is 1. The van der Waals surface area contributed by atoms with Crippen LogP contribution in [0, 0.1) is 6.92 Å². The maximum absolute atomic E-state index is 11.2. The van der Waals surface area contributed by atoms with Gasteiger partial charge < -0.3 is 14.5 Å². The third-order valence-corrected chi connectivity index (χ3v) is 4.73. The van der Waals surface area contributed by atoms with Gasteiger partial charge in [-0.05, 0) is 31.2 Å². The van der Waals surface area contributed by atoms with Crippen LogP contribution >= 0.6 is 0 Å². The topological polar surface area (TPSA) is 79.5 Å². The van der Waals surface area contributed by atoms with Crippen molar-refractivity contribution in [2.45, 2.75) is 38.0 Å². The lowest BCUT2D eigenvalue weighted by Gasteiger charge is -2.38.